The van der Waals surface area contributed by atoms with Crippen molar-refractivity contribution in [1.29, 1.82) is 0 Å². The lowest BCUT2D eigenvalue weighted by molar-refractivity contribution is 0.0992. The van der Waals surface area contributed by atoms with Crippen molar-refractivity contribution in [3.8, 4) is 0 Å². The second-order valence-electron chi connectivity index (χ2n) is 3.50. The third-order valence-electron chi connectivity index (χ3n) is 2.32. The Morgan fingerprint density at radius 3 is 2.94 bits per heavy atom. The van der Waals surface area contributed by atoms with Gasteiger partial charge in [0.15, 0.2) is 0 Å². The van der Waals surface area contributed by atoms with Crippen LogP contribution in [0.1, 0.15) is 0 Å². The number of nitrogens with zero attached hydrogens (tertiary/aromatic N) is 2. The van der Waals surface area contributed by atoms with E-state index in [0.29, 0.717) is 19.8 Å². The Bertz CT molecular complexity index is 471. The molecule has 0 amide bonds. The Morgan fingerprint density at radius 1 is 1.18 bits per heavy atom. The number of aliphatic hydroxyl groups is 1. The van der Waals surface area contributed by atoms with Gasteiger partial charge in [0.25, 0.3) is 0 Å². The molecule has 0 fully saturated rings. The Morgan fingerprint density at radius 2 is 2.06 bits per heavy atom. The van der Waals surface area contributed by atoms with Crippen LogP contribution < -0.4 is 5.32 Å². The van der Waals surface area contributed by atoms with Gasteiger partial charge in [0.05, 0.1) is 25.3 Å². The van der Waals surface area contributed by atoms with E-state index in [0.717, 1.165) is 16.7 Å². The molecule has 1 aromatic heterocycles. The highest BCUT2D eigenvalue weighted by Crippen LogP contribution is 2.17. The third-order valence-corrected chi connectivity index (χ3v) is 2.32. The van der Waals surface area contributed by atoms with Crippen LogP contribution in [0.2, 0.25) is 0 Å². The number of hydrogen-bond acceptors (Lipinski definition) is 5. The Balaban J connectivity index is 1.98. The lowest BCUT2D eigenvalue weighted by Crippen LogP contribution is -2.12. The Hall–Kier alpha value is -1.72. The minimum Gasteiger partial charge on any atom is -0.394 e. The maximum absolute atomic E-state index is 8.56. The van der Waals surface area contributed by atoms with Crippen LogP contribution in [0.15, 0.2) is 30.6 Å². The van der Waals surface area contributed by atoms with Crippen LogP contribution in [0.4, 0.5) is 5.82 Å². The molecule has 0 spiro atoms. The summed E-state index contributed by atoms with van der Waals surface area (Å²) in [7, 11) is 0. The summed E-state index contributed by atoms with van der Waals surface area (Å²) >= 11 is 0. The predicted molar refractivity (Wildman–Crippen MR) is 65.9 cm³/mol. The van der Waals surface area contributed by atoms with Crippen LogP contribution in [0.25, 0.3) is 10.9 Å². The summed E-state index contributed by atoms with van der Waals surface area (Å²) in [5.41, 5.74) is 0.918. The van der Waals surface area contributed by atoms with Gasteiger partial charge in [-0.2, -0.15) is 0 Å². The van der Waals surface area contributed by atoms with Crippen molar-refractivity contribution in [1.82, 2.24) is 9.97 Å². The van der Waals surface area contributed by atoms with E-state index >= 15 is 0 Å². The summed E-state index contributed by atoms with van der Waals surface area (Å²) in [6.45, 7) is 1.61. The summed E-state index contributed by atoms with van der Waals surface area (Å²) in [6, 6.07) is 7.83. The van der Waals surface area contributed by atoms with Crippen LogP contribution >= 0.6 is 0 Å². The molecule has 2 aromatic rings. The van der Waals surface area contributed by atoms with E-state index < -0.39 is 0 Å². The molecule has 1 heterocycles. The summed E-state index contributed by atoms with van der Waals surface area (Å²) < 4.78 is 5.16. The predicted octanol–water partition coefficient (Wildman–Crippen LogP) is 1.05. The molecule has 2 N–H and O–H groups in total. The maximum atomic E-state index is 8.56. The van der Waals surface area contributed by atoms with Gasteiger partial charge < -0.3 is 15.2 Å². The number of nitrogens with one attached hydrogen (secondary N) is 1. The van der Waals surface area contributed by atoms with E-state index in [1.54, 1.807) is 6.33 Å². The van der Waals surface area contributed by atoms with Gasteiger partial charge in [0.2, 0.25) is 0 Å². The van der Waals surface area contributed by atoms with Crippen LogP contribution in [0.5, 0.6) is 0 Å². The first-order valence-corrected chi connectivity index (χ1v) is 5.54. The monoisotopic (exact) mass is 233 g/mol. The van der Waals surface area contributed by atoms with Crippen molar-refractivity contribution >= 4 is 16.7 Å². The molecule has 5 nitrogen and oxygen atoms in total. The van der Waals surface area contributed by atoms with Crippen molar-refractivity contribution in [3.05, 3.63) is 30.6 Å². The van der Waals surface area contributed by atoms with E-state index in [1.165, 1.54) is 0 Å². The number of rotatable bonds is 6. The number of hydrogen-bond donors (Lipinski definition) is 2. The van der Waals surface area contributed by atoms with E-state index in [2.05, 4.69) is 15.3 Å². The molecule has 0 bridgehead atoms. The topological polar surface area (TPSA) is 67.3 Å². The fraction of sp³-hybridized carbons (Fsp3) is 0.333. The zero-order chi connectivity index (χ0) is 11.9. The minimum atomic E-state index is 0.0520. The smallest absolute Gasteiger partial charge is 0.137 e. The maximum Gasteiger partial charge on any atom is 0.137 e. The molecule has 0 unspecified atom stereocenters. The fourth-order valence-corrected chi connectivity index (χ4v) is 1.55. The Labute approximate surface area is 99.5 Å². The van der Waals surface area contributed by atoms with Gasteiger partial charge in [-0.1, -0.05) is 12.1 Å². The summed E-state index contributed by atoms with van der Waals surface area (Å²) in [5.74, 6) is 0.809. The number of para-hydroxylation sites is 1. The molecule has 0 aliphatic rings. The molecule has 17 heavy (non-hydrogen) atoms. The summed E-state index contributed by atoms with van der Waals surface area (Å²) in [4.78, 5) is 8.38. The molecular weight excluding hydrogens is 218 g/mol. The van der Waals surface area contributed by atoms with Crippen molar-refractivity contribution in [2.45, 2.75) is 0 Å². The number of aromatic nitrogens is 2. The normalized spacial score (nSPS) is 10.6. The molecule has 1 aromatic carbocycles. The van der Waals surface area contributed by atoms with Crippen molar-refractivity contribution in [2.24, 2.45) is 0 Å². The lowest BCUT2D eigenvalue weighted by Gasteiger charge is -2.08. The highest BCUT2D eigenvalue weighted by Gasteiger charge is 2.01. The quantitative estimate of drug-likeness (QED) is 0.730. The van der Waals surface area contributed by atoms with Crippen molar-refractivity contribution in [3.63, 3.8) is 0 Å². The average Bonchev–Trinajstić information content (AvgIpc) is 2.39. The van der Waals surface area contributed by atoms with Crippen molar-refractivity contribution < 1.29 is 9.84 Å². The van der Waals surface area contributed by atoms with Gasteiger partial charge in [-0.05, 0) is 12.1 Å². The number of benzene rings is 1. The summed E-state index contributed by atoms with van der Waals surface area (Å²) in [5, 5.41) is 12.7. The van der Waals surface area contributed by atoms with Gasteiger partial charge >= 0.3 is 0 Å². The lowest BCUT2D eigenvalue weighted by atomic mass is 10.2. The van der Waals surface area contributed by atoms with Crippen LogP contribution in [0, 0.1) is 0 Å². The molecule has 90 valence electrons. The molecule has 2 rings (SSSR count). The number of ether oxygens (including phenoxy) is 1. The highest BCUT2D eigenvalue weighted by atomic mass is 16.5. The zero-order valence-corrected chi connectivity index (χ0v) is 9.47. The molecule has 0 saturated heterocycles. The molecular formula is C12H15N3O2. The SMILES string of the molecule is OCCOCCNc1ncnc2ccccc12. The van der Waals surface area contributed by atoms with E-state index in [1.807, 2.05) is 24.3 Å². The zero-order valence-electron chi connectivity index (χ0n) is 9.47. The van der Waals surface area contributed by atoms with E-state index in [9.17, 15) is 0 Å². The Kier molecular flexibility index (Phi) is 4.23. The van der Waals surface area contributed by atoms with E-state index in [4.69, 9.17) is 9.84 Å². The van der Waals surface area contributed by atoms with Crippen LogP contribution in [-0.4, -0.2) is 41.4 Å². The molecule has 5 heteroatoms. The first kappa shape index (κ1) is 11.8. The fourth-order valence-electron chi connectivity index (χ4n) is 1.55. The number of fused-ring (bicyclic) bond motifs is 1. The second kappa shape index (κ2) is 6.12. The van der Waals surface area contributed by atoms with Gasteiger partial charge in [-0.25, -0.2) is 9.97 Å². The number of aliphatic hydroxyl groups excluding tert-OH is 1. The van der Waals surface area contributed by atoms with Gasteiger partial charge in [0, 0.05) is 11.9 Å². The second-order valence-corrected chi connectivity index (χ2v) is 3.50. The first-order chi connectivity index (χ1) is 8.42. The standard InChI is InChI=1S/C12H15N3O2/c16-6-8-17-7-5-13-12-10-3-1-2-4-11(10)14-9-15-12/h1-4,9,16H,5-8H2,(H,13,14,15). The van der Waals surface area contributed by atoms with Crippen LogP contribution in [-0.2, 0) is 4.74 Å². The first-order valence-electron chi connectivity index (χ1n) is 5.54. The van der Waals surface area contributed by atoms with Gasteiger partial charge in [-0.15, -0.1) is 0 Å². The molecule has 0 radical (unpaired) electrons. The van der Waals surface area contributed by atoms with E-state index in [-0.39, 0.29) is 6.61 Å². The third kappa shape index (κ3) is 3.12. The molecule has 0 aliphatic heterocycles. The van der Waals surface area contributed by atoms with Gasteiger partial charge in [-0.3, -0.25) is 0 Å². The minimum absolute atomic E-state index is 0.0520. The van der Waals surface area contributed by atoms with Crippen LogP contribution in [0.3, 0.4) is 0 Å². The summed E-state index contributed by atoms with van der Waals surface area (Å²) in [6.07, 6.45) is 1.54. The molecule has 0 aliphatic carbocycles. The van der Waals surface area contributed by atoms with Gasteiger partial charge in [0.1, 0.15) is 12.1 Å². The highest BCUT2D eigenvalue weighted by molar-refractivity contribution is 5.88. The molecule has 0 saturated carbocycles. The van der Waals surface area contributed by atoms with Crippen molar-refractivity contribution in [2.75, 3.05) is 31.7 Å². The average molecular weight is 233 g/mol. The number of anilines is 1. The molecule has 0 atom stereocenters. The largest absolute Gasteiger partial charge is 0.394 e.